The van der Waals surface area contributed by atoms with Crippen LogP contribution < -0.4 is 4.72 Å². The molecule has 0 spiro atoms. The number of fused-ring (bicyclic) bond motifs is 1. The lowest BCUT2D eigenvalue weighted by atomic mass is 9.96. The number of aromatic amines is 1. The Balaban J connectivity index is 1.61. The van der Waals surface area contributed by atoms with Crippen molar-refractivity contribution in [2.75, 3.05) is 6.54 Å². The van der Waals surface area contributed by atoms with Gasteiger partial charge in [0.05, 0.1) is 4.90 Å². The molecule has 2 aromatic carbocycles. The zero-order valence-corrected chi connectivity index (χ0v) is 14.8. The summed E-state index contributed by atoms with van der Waals surface area (Å²) in [6.07, 6.45) is 3.56. The third kappa shape index (κ3) is 3.05. The summed E-state index contributed by atoms with van der Waals surface area (Å²) in [4.78, 5) is 3.28. The largest absolute Gasteiger partial charge is 0.361 e. The number of sulfonamides is 1. The summed E-state index contributed by atoms with van der Waals surface area (Å²) in [5.74, 6) is -0.302. The standard InChI is InChI=1S/C18H16ClFN2O2S/c19-12-2-1-3-14(8-12)25(23,24)22-11-18(6-7-18)16-10-21-17-5-4-13(20)9-15(16)17/h1-5,8-10,21-22H,6-7,11H2. The Hall–Kier alpha value is -1.89. The van der Waals surface area contributed by atoms with Crippen molar-refractivity contribution in [3.05, 3.63) is 65.1 Å². The molecule has 7 heteroatoms. The minimum Gasteiger partial charge on any atom is -0.361 e. The molecule has 0 saturated heterocycles. The predicted molar refractivity (Wildman–Crippen MR) is 95.8 cm³/mol. The summed E-state index contributed by atoms with van der Waals surface area (Å²) in [7, 11) is -3.65. The van der Waals surface area contributed by atoms with Crippen molar-refractivity contribution in [3.8, 4) is 0 Å². The fourth-order valence-corrected chi connectivity index (χ4v) is 4.60. The molecule has 1 heterocycles. The quantitative estimate of drug-likeness (QED) is 0.705. The van der Waals surface area contributed by atoms with Gasteiger partial charge in [0, 0.05) is 34.1 Å². The molecular formula is C18H16ClFN2O2S. The third-order valence-electron chi connectivity index (χ3n) is 4.78. The van der Waals surface area contributed by atoms with Crippen molar-refractivity contribution in [2.24, 2.45) is 0 Å². The number of benzene rings is 2. The molecule has 0 atom stereocenters. The van der Waals surface area contributed by atoms with Crippen LogP contribution in [0.2, 0.25) is 5.02 Å². The molecule has 0 amide bonds. The van der Waals surface area contributed by atoms with Crippen molar-refractivity contribution in [1.29, 1.82) is 0 Å². The molecule has 0 aliphatic heterocycles. The molecule has 1 fully saturated rings. The van der Waals surface area contributed by atoms with Crippen LogP contribution in [0.1, 0.15) is 18.4 Å². The first-order chi connectivity index (χ1) is 11.9. The van der Waals surface area contributed by atoms with Crippen LogP contribution in [-0.4, -0.2) is 19.9 Å². The monoisotopic (exact) mass is 378 g/mol. The molecule has 4 nitrogen and oxygen atoms in total. The second-order valence-electron chi connectivity index (χ2n) is 6.45. The minimum absolute atomic E-state index is 0.140. The summed E-state index contributed by atoms with van der Waals surface area (Å²) >= 11 is 5.88. The number of halogens is 2. The molecule has 0 unspecified atom stereocenters. The van der Waals surface area contributed by atoms with Crippen LogP contribution in [0.15, 0.2) is 53.6 Å². The molecule has 130 valence electrons. The van der Waals surface area contributed by atoms with Gasteiger partial charge in [0.25, 0.3) is 0 Å². The van der Waals surface area contributed by atoms with Gasteiger partial charge in [0.2, 0.25) is 10.0 Å². The van der Waals surface area contributed by atoms with Crippen molar-refractivity contribution in [2.45, 2.75) is 23.2 Å². The lowest BCUT2D eigenvalue weighted by Crippen LogP contribution is -2.32. The maximum atomic E-state index is 13.6. The van der Waals surface area contributed by atoms with Gasteiger partial charge in [0.15, 0.2) is 0 Å². The van der Waals surface area contributed by atoms with Crippen LogP contribution in [0.25, 0.3) is 10.9 Å². The lowest BCUT2D eigenvalue weighted by Gasteiger charge is -2.16. The van der Waals surface area contributed by atoms with Gasteiger partial charge in [0.1, 0.15) is 5.82 Å². The van der Waals surface area contributed by atoms with Crippen molar-refractivity contribution in [3.63, 3.8) is 0 Å². The Bertz CT molecular complexity index is 1060. The molecule has 0 radical (unpaired) electrons. The number of hydrogen-bond donors (Lipinski definition) is 2. The summed E-state index contributed by atoms with van der Waals surface area (Å²) in [5.41, 5.74) is 1.51. The molecular weight excluding hydrogens is 363 g/mol. The summed E-state index contributed by atoms with van der Waals surface area (Å²) in [6.45, 7) is 0.269. The maximum absolute atomic E-state index is 13.6. The van der Waals surface area contributed by atoms with E-state index in [1.807, 2.05) is 6.20 Å². The first kappa shape index (κ1) is 16.6. The molecule has 25 heavy (non-hydrogen) atoms. The second-order valence-corrected chi connectivity index (χ2v) is 8.66. The summed E-state index contributed by atoms with van der Waals surface area (Å²) in [6, 6.07) is 10.8. The zero-order chi connectivity index (χ0) is 17.7. The molecule has 3 aromatic rings. The first-order valence-electron chi connectivity index (χ1n) is 7.92. The highest BCUT2D eigenvalue weighted by molar-refractivity contribution is 7.89. The SMILES string of the molecule is O=S(=O)(NCC1(c2c[nH]c3ccc(F)cc23)CC1)c1cccc(Cl)c1. The van der Waals surface area contributed by atoms with Gasteiger partial charge in [-0.25, -0.2) is 17.5 Å². The Morgan fingerprint density at radius 1 is 1.20 bits per heavy atom. The molecule has 1 aromatic heterocycles. The Kier molecular flexibility index (Phi) is 3.86. The number of rotatable bonds is 5. The van der Waals surface area contributed by atoms with Crippen molar-refractivity contribution >= 4 is 32.5 Å². The van der Waals surface area contributed by atoms with Gasteiger partial charge in [-0.05, 0) is 54.8 Å². The topological polar surface area (TPSA) is 62.0 Å². The normalized spacial score (nSPS) is 16.2. The molecule has 1 saturated carbocycles. The van der Waals surface area contributed by atoms with Gasteiger partial charge in [-0.2, -0.15) is 0 Å². The van der Waals surface area contributed by atoms with Crippen molar-refractivity contribution in [1.82, 2.24) is 9.71 Å². The van der Waals surface area contributed by atoms with Gasteiger partial charge in [-0.15, -0.1) is 0 Å². The molecule has 0 bridgehead atoms. The fraction of sp³-hybridized carbons (Fsp3) is 0.222. The molecule has 1 aliphatic carbocycles. The summed E-state index contributed by atoms with van der Waals surface area (Å²) < 4.78 is 41.3. The van der Waals surface area contributed by atoms with E-state index in [0.29, 0.717) is 5.02 Å². The van der Waals surface area contributed by atoms with E-state index in [1.54, 1.807) is 18.2 Å². The molecule has 4 rings (SSSR count). The smallest absolute Gasteiger partial charge is 0.240 e. The Morgan fingerprint density at radius 2 is 2.00 bits per heavy atom. The third-order valence-corrected chi connectivity index (χ3v) is 6.41. The van der Waals surface area contributed by atoms with E-state index < -0.39 is 10.0 Å². The highest BCUT2D eigenvalue weighted by atomic mass is 35.5. The van der Waals surface area contributed by atoms with E-state index in [1.165, 1.54) is 24.3 Å². The number of H-pyrrole nitrogens is 1. The van der Waals surface area contributed by atoms with E-state index in [2.05, 4.69) is 9.71 Å². The predicted octanol–water partition coefficient (Wildman–Crippen LogP) is 3.97. The lowest BCUT2D eigenvalue weighted by molar-refractivity contribution is 0.567. The van der Waals surface area contributed by atoms with E-state index in [4.69, 9.17) is 11.6 Å². The van der Waals surface area contributed by atoms with E-state index in [0.717, 1.165) is 29.3 Å². The first-order valence-corrected chi connectivity index (χ1v) is 9.78. The van der Waals surface area contributed by atoms with Crippen molar-refractivity contribution < 1.29 is 12.8 Å². The van der Waals surface area contributed by atoms with E-state index in [9.17, 15) is 12.8 Å². The van der Waals surface area contributed by atoms with Crippen LogP contribution in [-0.2, 0) is 15.4 Å². The second kappa shape index (κ2) is 5.83. The van der Waals surface area contributed by atoms with E-state index in [-0.39, 0.29) is 22.7 Å². The molecule has 1 aliphatic rings. The Labute approximate surface area is 150 Å². The van der Waals surface area contributed by atoms with Gasteiger partial charge >= 0.3 is 0 Å². The number of nitrogens with one attached hydrogen (secondary N) is 2. The number of aromatic nitrogens is 1. The van der Waals surface area contributed by atoms with Gasteiger partial charge < -0.3 is 4.98 Å². The van der Waals surface area contributed by atoms with Crippen LogP contribution in [0.3, 0.4) is 0 Å². The molecule has 2 N–H and O–H groups in total. The zero-order valence-electron chi connectivity index (χ0n) is 13.2. The fourth-order valence-electron chi connectivity index (χ4n) is 3.17. The average molecular weight is 379 g/mol. The summed E-state index contributed by atoms with van der Waals surface area (Å²) in [5, 5.41) is 1.18. The number of hydrogen-bond acceptors (Lipinski definition) is 2. The van der Waals surface area contributed by atoms with Gasteiger partial charge in [-0.1, -0.05) is 17.7 Å². The minimum atomic E-state index is -3.65. The van der Waals surface area contributed by atoms with Crippen LogP contribution in [0.4, 0.5) is 4.39 Å². The van der Waals surface area contributed by atoms with Crippen LogP contribution in [0.5, 0.6) is 0 Å². The Morgan fingerprint density at radius 3 is 2.72 bits per heavy atom. The van der Waals surface area contributed by atoms with E-state index >= 15 is 0 Å². The van der Waals surface area contributed by atoms with Crippen LogP contribution in [0, 0.1) is 5.82 Å². The highest BCUT2D eigenvalue weighted by Gasteiger charge is 2.46. The average Bonchev–Trinajstić information content (AvgIpc) is 3.25. The maximum Gasteiger partial charge on any atom is 0.240 e. The highest BCUT2D eigenvalue weighted by Crippen LogP contribution is 2.50. The van der Waals surface area contributed by atoms with Crippen LogP contribution >= 0.6 is 11.6 Å². The van der Waals surface area contributed by atoms with Gasteiger partial charge in [-0.3, -0.25) is 0 Å².